The number of para-hydroxylation sites is 2. The first-order chi connectivity index (χ1) is 13.7. The number of hydrogen-bond acceptors (Lipinski definition) is 2. The lowest BCUT2D eigenvalue weighted by molar-refractivity contribution is 0.669. The van der Waals surface area contributed by atoms with Crippen molar-refractivity contribution in [3.05, 3.63) is 99.9 Å². The number of hydrogen-bond donors (Lipinski definition) is 0. The van der Waals surface area contributed by atoms with Crippen molar-refractivity contribution in [2.75, 3.05) is 4.90 Å². The van der Waals surface area contributed by atoms with E-state index < -0.39 is 0 Å². The molecule has 4 aromatic carbocycles. The Labute approximate surface area is 179 Å². The number of nitrogens with zero attached hydrogens (tertiary/aromatic N) is 1. The van der Waals surface area contributed by atoms with Crippen molar-refractivity contribution in [3.8, 4) is 0 Å². The Morgan fingerprint density at radius 2 is 1.21 bits per heavy atom. The van der Waals surface area contributed by atoms with Gasteiger partial charge in [0.25, 0.3) is 0 Å². The summed E-state index contributed by atoms with van der Waals surface area (Å²) in [5.41, 5.74) is 4.98. The Morgan fingerprint density at radius 3 is 2.00 bits per heavy atom. The highest BCUT2D eigenvalue weighted by molar-refractivity contribution is 9.11. The average Bonchev–Trinajstić information content (AvgIpc) is 3.06. The van der Waals surface area contributed by atoms with Gasteiger partial charge in [-0.1, -0.05) is 68.3 Å². The third-order valence-electron chi connectivity index (χ3n) is 4.74. The van der Waals surface area contributed by atoms with Crippen LogP contribution in [0.25, 0.3) is 21.9 Å². The quantitative estimate of drug-likeness (QED) is 0.250. The summed E-state index contributed by atoms with van der Waals surface area (Å²) in [6.45, 7) is 0. The zero-order valence-corrected chi connectivity index (χ0v) is 17.9. The Morgan fingerprint density at radius 1 is 0.536 bits per heavy atom. The van der Waals surface area contributed by atoms with Crippen LogP contribution in [0.1, 0.15) is 0 Å². The molecule has 0 atom stereocenters. The van der Waals surface area contributed by atoms with Crippen molar-refractivity contribution in [1.82, 2.24) is 0 Å². The molecular formula is C24H15Br2NO. The Balaban J connectivity index is 1.73. The van der Waals surface area contributed by atoms with E-state index in [1.165, 1.54) is 0 Å². The van der Waals surface area contributed by atoms with Gasteiger partial charge in [0.05, 0.1) is 0 Å². The van der Waals surface area contributed by atoms with Crippen LogP contribution >= 0.6 is 31.9 Å². The van der Waals surface area contributed by atoms with Gasteiger partial charge < -0.3 is 9.32 Å². The minimum Gasteiger partial charge on any atom is -0.456 e. The summed E-state index contributed by atoms with van der Waals surface area (Å²) in [5, 5.41) is 2.27. The molecule has 4 heteroatoms. The van der Waals surface area contributed by atoms with Crippen LogP contribution in [0, 0.1) is 0 Å². The smallest absolute Gasteiger partial charge is 0.137 e. The largest absolute Gasteiger partial charge is 0.456 e. The maximum Gasteiger partial charge on any atom is 0.137 e. The van der Waals surface area contributed by atoms with E-state index in [-0.39, 0.29) is 0 Å². The average molecular weight is 493 g/mol. The molecule has 0 aliphatic carbocycles. The number of benzene rings is 4. The van der Waals surface area contributed by atoms with Gasteiger partial charge in [0.2, 0.25) is 0 Å². The molecule has 0 amide bonds. The third kappa shape index (κ3) is 3.13. The minimum absolute atomic E-state index is 0.883. The van der Waals surface area contributed by atoms with Crippen LogP contribution in [-0.2, 0) is 0 Å². The second-order valence-corrected chi connectivity index (χ2v) is 8.41. The molecule has 0 saturated heterocycles. The van der Waals surface area contributed by atoms with Gasteiger partial charge in [0, 0.05) is 42.8 Å². The van der Waals surface area contributed by atoms with Crippen LogP contribution in [-0.4, -0.2) is 0 Å². The molecule has 0 unspecified atom stereocenters. The predicted octanol–water partition coefficient (Wildman–Crippen LogP) is 8.58. The lowest BCUT2D eigenvalue weighted by Crippen LogP contribution is -2.09. The summed E-state index contributed by atoms with van der Waals surface area (Å²) in [6.07, 6.45) is 0. The molecule has 28 heavy (non-hydrogen) atoms. The van der Waals surface area contributed by atoms with E-state index in [0.717, 1.165) is 47.9 Å². The minimum atomic E-state index is 0.883. The van der Waals surface area contributed by atoms with Crippen molar-refractivity contribution in [2.24, 2.45) is 0 Å². The number of fused-ring (bicyclic) bond motifs is 3. The van der Waals surface area contributed by atoms with Gasteiger partial charge >= 0.3 is 0 Å². The first kappa shape index (κ1) is 17.5. The van der Waals surface area contributed by atoms with Crippen molar-refractivity contribution in [2.45, 2.75) is 0 Å². The molecule has 0 spiro atoms. The summed E-state index contributed by atoms with van der Waals surface area (Å²) in [4.78, 5) is 2.22. The number of furan rings is 1. The van der Waals surface area contributed by atoms with Crippen LogP contribution in [0.2, 0.25) is 0 Å². The molecule has 0 aliphatic rings. The van der Waals surface area contributed by atoms with E-state index >= 15 is 0 Å². The molecule has 0 aliphatic heterocycles. The molecule has 2 nitrogen and oxygen atoms in total. The highest BCUT2D eigenvalue weighted by Gasteiger charge is 2.15. The normalized spacial score (nSPS) is 11.2. The van der Waals surface area contributed by atoms with Gasteiger partial charge in [0.1, 0.15) is 11.2 Å². The molecule has 0 bridgehead atoms. The predicted molar refractivity (Wildman–Crippen MR) is 124 cm³/mol. The Kier molecular flexibility index (Phi) is 4.46. The molecular weight excluding hydrogens is 478 g/mol. The van der Waals surface area contributed by atoms with E-state index in [4.69, 9.17) is 4.42 Å². The zero-order valence-electron chi connectivity index (χ0n) is 14.8. The summed E-state index contributed by atoms with van der Waals surface area (Å²) in [5.74, 6) is 0. The van der Waals surface area contributed by atoms with Crippen molar-refractivity contribution in [3.63, 3.8) is 0 Å². The Hall–Kier alpha value is -2.56. The maximum atomic E-state index is 6.12. The molecule has 0 radical (unpaired) electrons. The van der Waals surface area contributed by atoms with Gasteiger partial charge in [-0.2, -0.15) is 0 Å². The van der Waals surface area contributed by atoms with Crippen LogP contribution in [0.3, 0.4) is 0 Å². The van der Waals surface area contributed by atoms with Crippen molar-refractivity contribution in [1.29, 1.82) is 0 Å². The fraction of sp³-hybridized carbons (Fsp3) is 0. The highest BCUT2D eigenvalue weighted by atomic mass is 79.9. The van der Waals surface area contributed by atoms with Crippen LogP contribution in [0.4, 0.5) is 17.1 Å². The number of rotatable bonds is 3. The van der Waals surface area contributed by atoms with Gasteiger partial charge in [0.15, 0.2) is 0 Å². The van der Waals surface area contributed by atoms with Gasteiger partial charge in [-0.15, -0.1) is 0 Å². The molecule has 136 valence electrons. The van der Waals surface area contributed by atoms with E-state index in [1.807, 2.05) is 30.3 Å². The molecule has 5 aromatic rings. The van der Waals surface area contributed by atoms with E-state index in [2.05, 4.69) is 97.4 Å². The van der Waals surface area contributed by atoms with Gasteiger partial charge in [-0.25, -0.2) is 0 Å². The molecule has 0 saturated carbocycles. The van der Waals surface area contributed by atoms with Gasteiger partial charge in [-0.05, 0) is 48.5 Å². The lowest BCUT2D eigenvalue weighted by Gasteiger charge is -2.25. The van der Waals surface area contributed by atoms with Crippen molar-refractivity contribution < 1.29 is 4.42 Å². The summed E-state index contributed by atoms with van der Waals surface area (Å²) in [7, 11) is 0. The fourth-order valence-electron chi connectivity index (χ4n) is 3.55. The van der Waals surface area contributed by atoms with E-state index in [0.29, 0.717) is 0 Å². The molecule has 5 rings (SSSR count). The molecule has 1 heterocycles. The number of halogens is 2. The zero-order chi connectivity index (χ0) is 19.1. The monoisotopic (exact) mass is 491 g/mol. The van der Waals surface area contributed by atoms with Crippen LogP contribution < -0.4 is 4.90 Å². The third-order valence-corrected chi connectivity index (χ3v) is 5.66. The van der Waals surface area contributed by atoms with Crippen LogP contribution in [0.5, 0.6) is 0 Å². The Bertz CT molecular complexity index is 1270. The molecule has 1 aromatic heterocycles. The summed E-state index contributed by atoms with van der Waals surface area (Å²) < 4.78 is 8.15. The second-order valence-electron chi connectivity index (χ2n) is 6.58. The molecule has 0 N–H and O–H groups in total. The highest BCUT2D eigenvalue weighted by Crippen LogP contribution is 2.39. The molecule has 0 fully saturated rings. The van der Waals surface area contributed by atoms with Crippen molar-refractivity contribution >= 4 is 70.9 Å². The van der Waals surface area contributed by atoms with Crippen LogP contribution in [0.15, 0.2) is 104 Å². The number of anilines is 3. The second kappa shape index (κ2) is 7.12. The fourth-order valence-corrected chi connectivity index (χ4v) is 4.82. The van der Waals surface area contributed by atoms with Gasteiger partial charge in [-0.3, -0.25) is 0 Å². The maximum absolute atomic E-state index is 6.12. The SMILES string of the molecule is Brc1cc(Br)cc(N(c2ccccc2)c2ccc3c(c2)oc2ccccc23)c1. The summed E-state index contributed by atoms with van der Waals surface area (Å²) >= 11 is 7.23. The van der Waals surface area contributed by atoms with E-state index in [1.54, 1.807) is 0 Å². The standard InChI is InChI=1S/C24H15Br2NO/c25-16-12-17(26)14-20(13-16)27(18-6-2-1-3-7-18)19-10-11-22-21-8-4-5-9-23(21)28-24(22)15-19/h1-15H. The lowest BCUT2D eigenvalue weighted by atomic mass is 10.1. The van der Waals surface area contributed by atoms with E-state index in [9.17, 15) is 0 Å². The summed E-state index contributed by atoms with van der Waals surface area (Å²) in [6, 6.07) is 31.2. The first-order valence-electron chi connectivity index (χ1n) is 8.92. The topological polar surface area (TPSA) is 16.4 Å². The first-order valence-corrected chi connectivity index (χ1v) is 10.5.